The van der Waals surface area contributed by atoms with Crippen molar-refractivity contribution in [1.29, 1.82) is 0 Å². The van der Waals surface area contributed by atoms with Gasteiger partial charge in [-0.3, -0.25) is 14.6 Å². The molecule has 6 nitrogen and oxygen atoms in total. The molecule has 0 radical (unpaired) electrons. The quantitative estimate of drug-likeness (QED) is 0.529. The minimum Gasteiger partial charge on any atom is -0.481 e. The van der Waals surface area contributed by atoms with Crippen LogP contribution in [0.25, 0.3) is 0 Å². The molecule has 2 heterocycles. The van der Waals surface area contributed by atoms with Crippen LogP contribution in [0.4, 0.5) is 5.00 Å². The number of amides is 2. The van der Waals surface area contributed by atoms with Gasteiger partial charge in [-0.1, -0.05) is 25.1 Å². The maximum Gasteiger partial charge on any atom is 0.265 e. The lowest BCUT2D eigenvalue weighted by molar-refractivity contribution is -0.122. The van der Waals surface area contributed by atoms with Crippen LogP contribution in [0.5, 0.6) is 5.75 Å². The summed E-state index contributed by atoms with van der Waals surface area (Å²) in [4.78, 5) is 31.2. The zero-order valence-corrected chi connectivity index (χ0v) is 19.1. The highest BCUT2D eigenvalue weighted by Crippen LogP contribution is 2.39. The van der Waals surface area contributed by atoms with E-state index in [4.69, 9.17) is 4.74 Å². The third-order valence-corrected chi connectivity index (χ3v) is 6.78. The molecule has 0 aliphatic heterocycles. The highest BCUT2D eigenvalue weighted by atomic mass is 32.1. The molecule has 3 aromatic rings. The Morgan fingerprint density at radius 1 is 1.16 bits per heavy atom. The number of nitrogens with one attached hydrogen (secondary N) is 2. The van der Waals surface area contributed by atoms with Gasteiger partial charge in [0.1, 0.15) is 10.8 Å². The number of ether oxygens (including phenoxy) is 1. The molecule has 1 aromatic carbocycles. The number of carbonyl (C=O) groups excluding carboxylic acids is 2. The molecule has 7 heteroatoms. The number of benzene rings is 1. The average molecular weight is 450 g/mol. The highest BCUT2D eigenvalue weighted by molar-refractivity contribution is 7.17. The van der Waals surface area contributed by atoms with Crippen molar-refractivity contribution in [2.45, 2.75) is 52.2 Å². The fourth-order valence-electron chi connectivity index (χ4n) is 3.78. The third-order valence-electron chi connectivity index (χ3n) is 5.57. The van der Waals surface area contributed by atoms with Crippen LogP contribution in [0.3, 0.4) is 0 Å². The number of aromatic nitrogens is 1. The topological polar surface area (TPSA) is 80.3 Å². The maximum atomic E-state index is 13.1. The molecule has 0 bridgehead atoms. The van der Waals surface area contributed by atoms with E-state index in [0.717, 1.165) is 36.8 Å². The van der Waals surface area contributed by atoms with Gasteiger partial charge in [0.2, 0.25) is 0 Å². The van der Waals surface area contributed by atoms with Crippen LogP contribution in [0, 0.1) is 0 Å². The molecule has 0 saturated heterocycles. The normalized spacial score (nSPS) is 13.3. The number of aryl methyl sites for hydroxylation is 2. The van der Waals surface area contributed by atoms with Crippen LogP contribution in [0.15, 0.2) is 48.8 Å². The van der Waals surface area contributed by atoms with Crippen molar-refractivity contribution in [1.82, 2.24) is 10.3 Å². The first-order valence-electron chi connectivity index (χ1n) is 10.9. The van der Waals surface area contributed by atoms with Gasteiger partial charge in [0, 0.05) is 23.8 Å². The summed E-state index contributed by atoms with van der Waals surface area (Å²) in [6.07, 6.45) is 6.52. The van der Waals surface area contributed by atoms with Crippen molar-refractivity contribution < 1.29 is 14.3 Å². The maximum absolute atomic E-state index is 13.1. The second kappa shape index (κ2) is 9.96. The fraction of sp³-hybridized carbons (Fsp3) is 0.320. The number of nitrogens with zero attached hydrogens (tertiary/aromatic N) is 1. The Hall–Kier alpha value is -3.19. The number of hydrogen-bond acceptors (Lipinski definition) is 5. The van der Waals surface area contributed by atoms with Gasteiger partial charge in [-0.2, -0.15) is 0 Å². The van der Waals surface area contributed by atoms with E-state index < -0.39 is 6.10 Å². The molecule has 166 valence electrons. The van der Waals surface area contributed by atoms with Crippen molar-refractivity contribution in [2.24, 2.45) is 0 Å². The monoisotopic (exact) mass is 449 g/mol. The summed E-state index contributed by atoms with van der Waals surface area (Å²) in [7, 11) is 0. The first-order chi connectivity index (χ1) is 15.5. The first-order valence-corrected chi connectivity index (χ1v) is 11.7. The van der Waals surface area contributed by atoms with Crippen LogP contribution in [0.1, 0.15) is 52.2 Å². The Labute approximate surface area is 192 Å². The van der Waals surface area contributed by atoms with E-state index in [0.29, 0.717) is 22.9 Å². The summed E-state index contributed by atoms with van der Waals surface area (Å²) < 4.78 is 5.82. The van der Waals surface area contributed by atoms with Crippen molar-refractivity contribution >= 4 is 28.2 Å². The molecule has 32 heavy (non-hydrogen) atoms. The number of pyridine rings is 1. The molecule has 2 N–H and O–H groups in total. The number of rotatable bonds is 8. The molecule has 0 spiro atoms. The average Bonchev–Trinajstić information content (AvgIpc) is 3.39. The largest absolute Gasteiger partial charge is 0.481 e. The molecule has 4 rings (SSSR count). The number of anilines is 1. The van der Waals surface area contributed by atoms with Crippen LogP contribution < -0.4 is 15.4 Å². The Morgan fingerprint density at radius 2 is 1.97 bits per heavy atom. The van der Waals surface area contributed by atoms with Crippen LogP contribution in [-0.2, 0) is 30.6 Å². The Balaban J connectivity index is 1.45. The molecule has 2 amide bonds. The van der Waals surface area contributed by atoms with Crippen LogP contribution >= 0.6 is 11.3 Å². The lowest BCUT2D eigenvalue weighted by Gasteiger charge is -2.15. The number of fused-ring (bicyclic) bond motifs is 1. The predicted octanol–water partition coefficient (Wildman–Crippen LogP) is 4.53. The van der Waals surface area contributed by atoms with E-state index in [2.05, 4.69) is 22.5 Å². The van der Waals surface area contributed by atoms with Gasteiger partial charge in [0.05, 0.1) is 5.56 Å². The molecule has 1 unspecified atom stereocenters. The van der Waals surface area contributed by atoms with E-state index in [1.54, 1.807) is 19.3 Å². The molecule has 0 fully saturated rings. The minimum absolute atomic E-state index is 0.174. The van der Waals surface area contributed by atoms with E-state index in [9.17, 15) is 9.59 Å². The van der Waals surface area contributed by atoms with E-state index in [1.165, 1.54) is 21.8 Å². The molecule has 1 aliphatic rings. The smallest absolute Gasteiger partial charge is 0.265 e. The molecule has 0 saturated carbocycles. The third kappa shape index (κ3) is 4.99. The van der Waals surface area contributed by atoms with Crippen molar-refractivity contribution in [3.63, 3.8) is 0 Å². The second-order valence-corrected chi connectivity index (χ2v) is 8.96. The Kier molecular flexibility index (Phi) is 6.85. The lowest BCUT2D eigenvalue weighted by atomic mass is 10.1. The van der Waals surface area contributed by atoms with Gasteiger partial charge >= 0.3 is 0 Å². The van der Waals surface area contributed by atoms with Gasteiger partial charge < -0.3 is 15.4 Å². The predicted molar refractivity (Wildman–Crippen MR) is 126 cm³/mol. The van der Waals surface area contributed by atoms with Crippen molar-refractivity contribution in [3.05, 3.63) is 75.9 Å². The van der Waals surface area contributed by atoms with E-state index in [1.807, 2.05) is 36.4 Å². The number of carbonyl (C=O) groups is 2. The summed E-state index contributed by atoms with van der Waals surface area (Å²) in [6, 6.07) is 11.5. The summed E-state index contributed by atoms with van der Waals surface area (Å²) in [5, 5.41) is 6.51. The van der Waals surface area contributed by atoms with Crippen molar-refractivity contribution in [2.75, 3.05) is 5.32 Å². The summed E-state index contributed by atoms with van der Waals surface area (Å²) in [5.41, 5.74) is 3.77. The first kappa shape index (κ1) is 22.0. The van der Waals surface area contributed by atoms with Gasteiger partial charge in [-0.05, 0) is 67.5 Å². The summed E-state index contributed by atoms with van der Waals surface area (Å²) >= 11 is 1.49. The SMILES string of the molecule is CCc1ccc(OC(C)C(=O)Nc2sc3c(c2C(=O)NCc2cccnc2)CCC3)cc1. The van der Waals surface area contributed by atoms with E-state index in [-0.39, 0.29) is 11.8 Å². The van der Waals surface area contributed by atoms with Crippen LogP contribution in [0.2, 0.25) is 0 Å². The number of thiophene rings is 1. The van der Waals surface area contributed by atoms with Gasteiger partial charge in [-0.25, -0.2) is 0 Å². The van der Waals surface area contributed by atoms with E-state index >= 15 is 0 Å². The lowest BCUT2D eigenvalue weighted by Crippen LogP contribution is -2.31. The Morgan fingerprint density at radius 3 is 2.69 bits per heavy atom. The zero-order chi connectivity index (χ0) is 22.5. The number of hydrogen-bond donors (Lipinski definition) is 2. The molecular formula is C25H27N3O3S. The van der Waals surface area contributed by atoms with Gasteiger partial charge in [0.15, 0.2) is 6.10 Å². The second-order valence-electron chi connectivity index (χ2n) is 7.85. The molecule has 1 atom stereocenters. The fourth-order valence-corrected chi connectivity index (χ4v) is 5.07. The molecular weight excluding hydrogens is 422 g/mol. The molecule has 2 aromatic heterocycles. The van der Waals surface area contributed by atoms with Gasteiger partial charge in [-0.15, -0.1) is 11.3 Å². The highest BCUT2D eigenvalue weighted by Gasteiger charge is 2.28. The summed E-state index contributed by atoms with van der Waals surface area (Å²) in [5.74, 6) is 0.200. The van der Waals surface area contributed by atoms with Crippen LogP contribution in [-0.4, -0.2) is 22.9 Å². The minimum atomic E-state index is -0.689. The van der Waals surface area contributed by atoms with Crippen molar-refractivity contribution in [3.8, 4) is 5.75 Å². The Bertz CT molecular complexity index is 1090. The standard InChI is InChI=1S/C25H27N3O3S/c1-3-17-9-11-19(12-10-17)31-16(2)23(29)28-25-22(20-7-4-8-21(20)32-25)24(30)27-15-18-6-5-13-26-14-18/h5-6,9-14,16H,3-4,7-8,15H2,1-2H3,(H,27,30)(H,28,29). The summed E-state index contributed by atoms with van der Waals surface area (Å²) in [6.45, 7) is 4.19. The van der Waals surface area contributed by atoms with Gasteiger partial charge in [0.25, 0.3) is 11.8 Å². The molecule has 1 aliphatic carbocycles. The zero-order valence-electron chi connectivity index (χ0n) is 18.3.